The molecule has 30 nitrogen and oxygen atoms in total. The van der Waals surface area contributed by atoms with Gasteiger partial charge in [-0.05, 0) is 115 Å². The van der Waals surface area contributed by atoms with E-state index in [0.29, 0.717) is 102 Å². The number of ketones is 2. The van der Waals surface area contributed by atoms with Crippen LogP contribution in [0.4, 0.5) is 46.0 Å². The maximum Gasteiger partial charge on any atom is 0.373 e. The third-order valence-corrected chi connectivity index (χ3v) is 19.7. The Morgan fingerprint density at radius 1 is 0.333 bits per heavy atom. The topological polar surface area (TPSA) is 468 Å². The number of carbonyl (C=O) groups is 11. The molecule has 0 fully saturated rings. The van der Waals surface area contributed by atoms with Crippen molar-refractivity contribution in [2.45, 2.75) is 93.4 Å². The Labute approximate surface area is 686 Å². The number of carbonyl (C=O) groups excluding carboxylic acids is 13. The van der Waals surface area contributed by atoms with E-state index in [1.54, 1.807) is 71.6 Å². The van der Waals surface area contributed by atoms with Gasteiger partial charge in [0.1, 0.15) is 46.0 Å². The molecule has 4 aliphatic heterocycles. The van der Waals surface area contributed by atoms with Crippen LogP contribution in [0.15, 0.2) is 194 Å². The summed E-state index contributed by atoms with van der Waals surface area (Å²) >= 11 is 0. The highest BCUT2D eigenvalue weighted by atomic mass is 16.2. The van der Waals surface area contributed by atoms with E-state index in [9.17, 15) is 52.7 Å². The lowest BCUT2D eigenvalue weighted by atomic mass is 10.1. The molecule has 4 aromatic heterocycles. The van der Waals surface area contributed by atoms with Crippen molar-refractivity contribution in [2.24, 2.45) is 28.7 Å². The van der Waals surface area contributed by atoms with Crippen LogP contribution in [0.1, 0.15) is 157 Å². The summed E-state index contributed by atoms with van der Waals surface area (Å²) in [5.41, 5.74) is 41.1. The number of nitrogens with zero attached hydrogens (tertiary/aromatic N) is 12. The first kappa shape index (κ1) is 83.5. The summed E-state index contributed by atoms with van der Waals surface area (Å²) in [5, 5.41) is 0. The van der Waals surface area contributed by atoms with Crippen LogP contribution in [0, 0.1) is 27.7 Å². The van der Waals surface area contributed by atoms with E-state index in [0.717, 1.165) is 52.8 Å². The second-order valence-corrected chi connectivity index (χ2v) is 28.3. The number of unbranched alkanes of at least 4 members (excludes halogenated alkanes) is 1. The highest BCUT2D eigenvalue weighted by molar-refractivity contribution is 6.14. The third kappa shape index (κ3) is 18.1. The lowest BCUT2D eigenvalue weighted by Gasteiger charge is -2.18. The van der Waals surface area contributed by atoms with Crippen molar-refractivity contribution in [3.8, 4) is 45.6 Å². The van der Waals surface area contributed by atoms with Crippen molar-refractivity contribution in [2.75, 3.05) is 19.6 Å². The Hall–Kier alpha value is -16.0. The van der Waals surface area contributed by atoms with E-state index in [1.165, 1.54) is 40.2 Å². The number of hydrogen-bond acceptors (Lipinski definition) is 21. The van der Waals surface area contributed by atoms with E-state index in [4.69, 9.17) is 38.3 Å². The number of Topliss-reactive ketones (excluding diaryl/α,β-unsaturated/α-hetero) is 2. The predicted octanol–water partition coefficient (Wildman–Crippen LogP) is 11.4. The summed E-state index contributed by atoms with van der Waals surface area (Å²) in [6, 6.07) is 57.9. The number of anilines is 8. The van der Waals surface area contributed by atoms with Crippen LogP contribution in [-0.4, -0.2) is 111 Å². The number of benzene rings is 8. The minimum absolute atomic E-state index is 0.00693. The monoisotopic (exact) mass is 1600 g/mol. The Morgan fingerprint density at radius 3 is 0.817 bits per heavy atom. The molecule has 4 aliphatic rings. The Morgan fingerprint density at radius 2 is 0.575 bits per heavy atom. The third-order valence-electron chi connectivity index (χ3n) is 19.7. The molecule has 9 amide bonds. The van der Waals surface area contributed by atoms with Gasteiger partial charge in [0.15, 0.2) is 34.9 Å². The van der Waals surface area contributed by atoms with Crippen LogP contribution >= 0.6 is 0 Å². The van der Waals surface area contributed by atoms with Gasteiger partial charge >= 0.3 is 6.15 Å². The zero-order valence-electron chi connectivity index (χ0n) is 66.0. The van der Waals surface area contributed by atoms with Gasteiger partial charge < -0.3 is 28.7 Å². The van der Waals surface area contributed by atoms with Crippen LogP contribution in [0.25, 0.3) is 45.6 Å². The zero-order chi connectivity index (χ0) is 86.1. The molecule has 8 aromatic carbocycles. The number of hydrogen-bond donors (Lipinski definition) is 5. The van der Waals surface area contributed by atoms with Crippen LogP contribution < -0.4 is 48.3 Å². The first-order valence-corrected chi connectivity index (χ1v) is 37.6. The van der Waals surface area contributed by atoms with Gasteiger partial charge in [-0.15, -0.1) is 0 Å². The highest BCUT2D eigenvalue weighted by Crippen LogP contribution is 2.42. The van der Waals surface area contributed by atoms with E-state index in [-0.39, 0.29) is 107 Å². The second kappa shape index (κ2) is 35.8. The fourth-order valence-corrected chi connectivity index (χ4v) is 13.6. The van der Waals surface area contributed by atoms with Gasteiger partial charge in [0.2, 0.25) is 29.5 Å². The normalized spacial score (nSPS) is 12.5. The largest absolute Gasteiger partial charge is 0.373 e. The maximum absolute atomic E-state index is 12.9. The minimum atomic E-state index is -0.738. The lowest BCUT2D eigenvalue weighted by molar-refractivity contribution is -0.191. The maximum atomic E-state index is 12.9. The van der Waals surface area contributed by atoms with Gasteiger partial charge in [0, 0.05) is 61.2 Å². The lowest BCUT2D eigenvalue weighted by Crippen LogP contribution is -2.22. The summed E-state index contributed by atoms with van der Waals surface area (Å²) in [6.45, 7) is 12.9. The van der Waals surface area contributed by atoms with E-state index >= 15 is 0 Å². The Bertz CT molecular complexity index is 5790. The predicted molar refractivity (Wildman–Crippen MR) is 444 cm³/mol. The van der Waals surface area contributed by atoms with Gasteiger partial charge in [-0.25, -0.2) is 39.9 Å². The fraction of sp³-hybridized carbons (Fsp3) is 0.156. The molecule has 600 valence electrons. The van der Waals surface area contributed by atoms with E-state index in [2.05, 4.69) is 52.9 Å². The average Bonchev–Trinajstić information content (AvgIpc) is 1.63. The van der Waals surface area contributed by atoms with Crippen molar-refractivity contribution < 1.29 is 62.3 Å². The summed E-state index contributed by atoms with van der Waals surface area (Å²) in [4.78, 5) is 192. The van der Waals surface area contributed by atoms with Gasteiger partial charge in [-0.3, -0.25) is 72.3 Å². The van der Waals surface area contributed by atoms with Crippen molar-refractivity contribution in [3.63, 3.8) is 0 Å². The van der Waals surface area contributed by atoms with Crippen LogP contribution in [0.5, 0.6) is 0 Å². The summed E-state index contributed by atoms with van der Waals surface area (Å²) < 4.78 is 0. The number of aryl methyl sites for hydroxylation is 5. The molecule has 8 heterocycles. The van der Waals surface area contributed by atoms with Gasteiger partial charge in [0.05, 0.1) is 48.4 Å². The summed E-state index contributed by atoms with van der Waals surface area (Å²) in [6.07, 6.45) is 3.30. The van der Waals surface area contributed by atoms with E-state index < -0.39 is 29.5 Å². The molecule has 0 saturated heterocycles. The molecule has 12 aromatic rings. The minimum Gasteiger partial charge on any atom is -0.366 e. The fourth-order valence-electron chi connectivity index (χ4n) is 13.6. The first-order valence-electron chi connectivity index (χ1n) is 37.6. The van der Waals surface area contributed by atoms with Crippen LogP contribution in [0.2, 0.25) is 0 Å². The Kier molecular flexibility index (Phi) is 24.9. The van der Waals surface area contributed by atoms with Crippen LogP contribution in [0.3, 0.4) is 0 Å². The number of aromatic nitrogens is 8. The highest BCUT2D eigenvalue weighted by Gasteiger charge is 2.40. The van der Waals surface area contributed by atoms with Crippen molar-refractivity contribution in [3.05, 3.63) is 284 Å². The standard InChI is InChI=1S/C24H24N4O2.2C22H18N4O3.C21H17N5O3.CO2/c1-3-4-6-16-7-5-8-18(13-16)28-20(29)14-19-21(22(25)30)26-23(27-24(19)28)17-11-9-15(2)10-12-17;2*1-12-6-8-14(9-7-12)21-24-19(20(23)29)17-11-18(28)26(22(17)25-21)16-5-3-4-15(10-16)13(2)27;1-11-5-7-12(8-6-11)20-24-17(19(23)29)15-10-16(27)26(21(15)25-20)14-4-2-3-13(9-14)18(22)28;2-1-3/h5,7-13H,3-4,6,14H2,1-2H3,(H2,25,30);2*3-10H,11H2,1-2H3,(H2,23,29);2-9H,10H2,1H3,(H2,22,28)(H2,23,29);. The smallest absolute Gasteiger partial charge is 0.366 e. The summed E-state index contributed by atoms with van der Waals surface area (Å²) in [5.74, 6) is -2.04. The molecular weight excluding hydrogens is 1530 g/mol. The molecule has 30 heteroatoms. The van der Waals surface area contributed by atoms with Crippen LogP contribution in [-0.2, 0) is 60.9 Å². The van der Waals surface area contributed by atoms with Gasteiger partial charge in [-0.1, -0.05) is 175 Å². The number of primary amides is 5. The van der Waals surface area contributed by atoms with Crippen molar-refractivity contribution >= 4 is 117 Å². The first-order chi connectivity index (χ1) is 57.4. The van der Waals surface area contributed by atoms with Crippen molar-refractivity contribution in [1.82, 2.24) is 39.9 Å². The van der Waals surface area contributed by atoms with Gasteiger partial charge in [0.25, 0.3) is 23.6 Å². The second-order valence-electron chi connectivity index (χ2n) is 28.3. The molecule has 0 spiro atoms. The molecule has 0 atom stereocenters. The Balaban J connectivity index is 0.000000145. The molecule has 16 rings (SSSR count). The molecule has 0 bridgehead atoms. The molecule has 120 heavy (non-hydrogen) atoms. The summed E-state index contributed by atoms with van der Waals surface area (Å²) in [7, 11) is 0. The zero-order valence-corrected chi connectivity index (χ0v) is 66.0. The SMILES string of the molecule is CC(=O)c1cccc(N2C(=O)Cc3c(C(N)=O)nc(-c4ccc(C)cc4)nc32)c1.CC(=O)c1cccc(N2C(=O)Cc3c(C(N)=O)nc(-c4ccc(C)cc4)nc32)c1.CCCCc1cccc(N2C(=O)Cc3c(C(N)=O)nc(-c4ccc(C)cc4)nc32)c1.Cc1ccc(-c2nc(C(N)=O)c3c(n2)N(c2cccc(C(N)=O)c2)C(=O)C3)cc1.O=C=O. The molecule has 0 saturated carbocycles. The molecule has 0 unspecified atom stereocenters. The molecular formula is C90H77N17O13. The molecule has 0 radical (unpaired) electrons. The van der Waals surface area contributed by atoms with E-state index in [1.807, 2.05) is 143 Å². The van der Waals surface area contributed by atoms with Gasteiger partial charge in [-0.2, -0.15) is 9.59 Å². The quantitative estimate of drug-likeness (QED) is 0.0498. The number of nitrogens with two attached hydrogens (primary N) is 5. The number of fused-ring (bicyclic) bond motifs is 4. The number of amides is 9. The van der Waals surface area contributed by atoms with Crippen molar-refractivity contribution in [1.29, 1.82) is 0 Å². The molecule has 0 aliphatic carbocycles. The molecule has 10 N–H and O–H groups in total. The average molecular weight is 1600 g/mol. The number of rotatable bonds is 18.